The Balaban J connectivity index is 2.06. The van der Waals surface area contributed by atoms with Crippen LogP contribution in [0.3, 0.4) is 0 Å². The van der Waals surface area contributed by atoms with E-state index in [1.807, 2.05) is 0 Å². The van der Waals surface area contributed by atoms with Crippen LogP contribution in [0.15, 0.2) is 24.4 Å². The summed E-state index contributed by atoms with van der Waals surface area (Å²) in [5.74, 6) is 0. The second-order valence-electron chi connectivity index (χ2n) is 3.15. The van der Waals surface area contributed by atoms with Crippen molar-refractivity contribution in [3.8, 4) is 0 Å². The predicted molar refractivity (Wildman–Crippen MR) is 42.6 cm³/mol. The Morgan fingerprint density at radius 3 is 2.70 bits per heavy atom. The molecular formula is C9H13N. The Hall–Kier alpha value is -0.720. The Bertz CT molecular complexity index is 177. The molecule has 0 bridgehead atoms. The van der Waals surface area contributed by atoms with Gasteiger partial charge in [-0.3, -0.25) is 0 Å². The summed E-state index contributed by atoms with van der Waals surface area (Å²) in [7, 11) is 0. The molecule has 0 N–H and O–H groups in total. The Labute approximate surface area is 62.0 Å². The molecule has 2 aliphatic rings. The molecule has 10 heavy (non-hydrogen) atoms. The van der Waals surface area contributed by atoms with Crippen molar-refractivity contribution in [2.45, 2.75) is 31.8 Å². The normalized spacial score (nSPS) is 31.3. The largest absolute Gasteiger partial charge is 0.368 e. The van der Waals surface area contributed by atoms with Gasteiger partial charge in [0.25, 0.3) is 0 Å². The van der Waals surface area contributed by atoms with Gasteiger partial charge in [0.1, 0.15) is 0 Å². The van der Waals surface area contributed by atoms with Gasteiger partial charge in [0.2, 0.25) is 0 Å². The van der Waals surface area contributed by atoms with E-state index in [4.69, 9.17) is 0 Å². The summed E-state index contributed by atoms with van der Waals surface area (Å²) >= 11 is 0. The second-order valence-corrected chi connectivity index (χ2v) is 3.15. The minimum Gasteiger partial charge on any atom is -0.368 e. The van der Waals surface area contributed by atoms with Crippen LogP contribution in [0.1, 0.15) is 19.8 Å². The zero-order valence-electron chi connectivity index (χ0n) is 6.33. The van der Waals surface area contributed by atoms with Gasteiger partial charge in [-0.05, 0) is 32.0 Å². The second kappa shape index (κ2) is 2.15. The Morgan fingerprint density at radius 2 is 2.10 bits per heavy atom. The first-order chi connectivity index (χ1) is 4.88. The minimum atomic E-state index is 0.623. The standard InChI is InChI=1S/C9H13N/c1-8-4-2-3-7-10(8)9-5-6-9/h2-4,7-9H,5-6H2,1H3. The lowest BCUT2D eigenvalue weighted by molar-refractivity contribution is 0.322. The summed E-state index contributed by atoms with van der Waals surface area (Å²) < 4.78 is 0. The number of hydrogen-bond donors (Lipinski definition) is 0. The fourth-order valence-corrected chi connectivity index (χ4v) is 1.44. The van der Waals surface area contributed by atoms with E-state index in [0.717, 1.165) is 6.04 Å². The molecule has 1 atom stereocenters. The van der Waals surface area contributed by atoms with Crippen LogP contribution in [-0.4, -0.2) is 17.0 Å². The summed E-state index contributed by atoms with van der Waals surface area (Å²) in [6, 6.07) is 1.48. The summed E-state index contributed by atoms with van der Waals surface area (Å²) in [4.78, 5) is 2.44. The molecule has 0 radical (unpaired) electrons. The third-order valence-corrected chi connectivity index (χ3v) is 2.20. The van der Waals surface area contributed by atoms with E-state index in [-0.39, 0.29) is 0 Å². The van der Waals surface area contributed by atoms with Crippen LogP contribution in [0.5, 0.6) is 0 Å². The van der Waals surface area contributed by atoms with E-state index in [0.29, 0.717) is 6.04 Å². The van der Waals surface area contributed by atoms with Crippen LogP contribution in [-0.2, 0) is 0 Å². The van der Waals surface area contributed by atoms with E-state index < -0.39 is 0 Å². The van der Waals surface area contributed by atoms with Crippen LogP contribution < -0.4 is 0 Å². The highest BCUT2D eigenvalue weighted by molar-refractivity contribution is 5.14. The van der Waals surface area contributed by atoms with Crippen molar-refractivity contribution in [1.29, 1.82) is 0 Å². The summed E-state index contributed by atoms with van der Waals surface area (Å²) in [6.07, 6.45) is 11.5. The SMILES string of the molecule is CC1C=CC=CN1C1CC1. The van der Waals surface area contributed by atoms with Crippen molar-refractivity contribution in [3.05, 3.63) is 24.4 Å². The van der Waals surface area contributed by atoms with Crippen LogP contribution in [0, 0.1) is 0 Å². The van der Waals surface area contributed by atoms with Gasteiger partial charge in [0.15, 0.2) is 0 Å². The molecule has 2 rings (SSSR count). The van der Waals surface area contributed by atoms with E-state index in [1.165, 1.54) is 12.8 Å². The molecular weight excluding hydrogens is 122 g/mol. The smallest absolute Gasteiger partial charge is 0.0445 e. The fourth-order valence-electron chi connectivity index (χ4n) is 1.44. The van der Waals surface area contributed by atoms with Gasteiger partial charge in [-0.15, -0.1) is 0 Å². The highest BCUT2D eigenvalue weighted by Crippen LogP contribution is 2.30. The first-order valence-electron chi connectivity index (χ1n) is 4.00. The van der Waals surface area contributed by atoms with Crippen molar-refractivity contribution in [2.24, 2.45) is 0 Å². The zero-order chi connectivity index (χ0) is 6.97. The fraction of sp³-hybridized carbons (Fsp3) is 0.556. The first kappa shape index (κ1) is 6.02. The van der Waals surface area contributed by atoms with Crippen LogP contribution >= 0.6 is 0 Å². The minimum absolute atomic E-state index is 0.623. The van der Waals surface area contributed by atoms with Crippen molar-refractivity contribution >= 4 is 0 Å². The Morgan fingerprint density at radius 1 is 1.30 bits per heavy atom. The maximum atomic E-state index is 2.44. The summed E-state index contributed by atoms with van der Waals surface area (Å²) in [6.45, 7) is 2.25. The lowest BCUT2D eigenvalue weighted by Gasteiger charge is -2.27. The van der Waals surface area contributed by atoms with Crippen molar-refractivity contribution in [2.75, 3.05) is 0 Å². The van der Waals surface area contributed by atoms with E-state index >= 15 is 0 Å². The highest BCUT2D eigenvalue weighted by atomic mass is 15.2. The molecule has 1 heterocycles. The molecule has 1 saturated carbocycles. The van der Waals surface area contributed by atoms with Gasteiger partial charge in [-0.25, -0.2) is 0 Å². The molecule has 1 heteroatoms. The molecule has 0 spiro atoms. The average molecular weight is 135 g/mol. The molecule has 1 nitrogen and oxygen atoms in total. The lowest BCUT2D eigenvalue weighted by atomic mass is 10.2. The lowest BCUT2D eigenvalue weighted by Crippen LogP contribution is -2.29. The number of nitrogens with zero attached hydrogens (tertiary/aromatic N) is 1. The first-order valence-corrected chi connectivity index (χ1v) is 4.00. The molecule has 0 aromatic carbocycles. The highest BCUT2D eigenvalue weighted by Gasteiger charge is 2.29. The molecule has 1 aliphatic heterocycles. The molecule has 54 valence electrons. The molecule has 0 amide bonds. The number of hydrogen-bond acceptors (Lipinski definition) is 1. The van der Waals surface area contributed by atoms with E-state index in [9.17, 15) is 0 Å². The Kier molecular flexibility index (Phi) is 1.30. The topological polar surface area (TPSA) is 3.24 Å². The van der Waals surface area contributed by atoms with Gasteiger partial charge in [-0.2, -0.15) is 0 Å². The van der Waals surface area contributed by atoms with Crippen LogP contribution in [0.4, 0.5) is 0 Å². The molecule has 1 aliphatic carbocycles. The molecule has 0 aromatic rings. The molecule has 0 aromatic heterocycles. The maximum absolute atomic E-state index is 2.44. The number of allylic oxidation sites excluding steroid dienone is 2. The molecule has 1 unspecified atom stereocenters. The zero-order valence-corrected chi connectivity index (χ0v) is 6.33. The summed E-state index contributed by atoms with van der Waals surface area (Å²) in [5.41, 5.74) is 0. The molecule has 0 saturated heterocycles. The van der Waals surface area contributed by atoms with Gasteiger partial charge < -0.3 is 4.90 Å². The van der Waals surface area contributed by atoms with E-state index in [2.05, 4.69) is 36.3 Å². The van der Waals surface area contributed by atoms with Crippen molar-refractivity contribution in [1.82, 2.24) is 4.90 Å². The van der Waals surface area contributed by atoms with Crippen LogP contribution in [0.25, 0.3) is 0 Å². The maximum Gasteiger partial charge on any atom is 0.0445 e. The quantitative estimate of drug-likeness (QED) is 0.531. The van der Waals surface area contributed by atoms with Crippen molar-refractivity contribution < 1.29 is 0 Å². The summed E-state index contributed by atoms with van der Waals surface area (Å²) in [5, 5.41) is 0. The monoisotopic (exact) mass is 135 g/mol. The average Bonchev–Trinajstić information content (AvgIpc) is 2.71. The molecule has 1 fully saturated rings. The van der Waals surface area contributed by atoms with Gasteiger partial charge in [0, 0.05) is 12.1 Å². The van der Waals surface area contributed by atoms with E-state index in [1.54, 1.807) is 0 Å². The van der Waals surface area contributed by atoms with Gasteiger partial charge in [0.05, 0.1) is 0 Å². The number of rotatable bonds is 1. The van der Waals surface area contributed by atoms with Gasteiger partial charge in [-0.1, -0.05) is 12.2 Å². The van der Waals surface area contributed by atoms with Crippen LogP contribution in [0.2, 0.25) is 0 Å². The third kappa shape index (κ3) is 0.962. The predicted octanol–water partition coefficient (Wildman–Crippen LogP) is 1.92. The van der Waals surface area contributed by atoms with Gasteiger partial charge >= 0.3 is 0 Å². The van der Waals surface area contributed by atoms with Crippen molar-refractivity contribution in [3.63, 3.8) is 0 Å². The third-order valence-electron chi connectivity index (χ3n) is 2.20.